The van der Waals surface area contributed by atoms with Gasteiger partial charge in [0.15, 0.2) is 0 Å². The Bertz CT molecular complexity index is 517. The molecule has 0 aromatic heterocycles. The molecule has 0 fully saturated rings. The summed E-state index contributed by atoms with van der Waals surface area (Å²) in [6, 6.07) is 5.57. The minimum absolute atomic E-state index is 0.0348. The maximum Gasteiger partial charge on any atom is 0.313 e. The summed E-state index contributed by atoms with van der Waals surface area (Å²) in [4.78, 5) is 23.3. The van der Waals surface area contributed by atoms with Crippen LogP contribution in [-0.2, 0) is 9.59 Å². The van der Waals surface area contributed by atoms with Gasteiger partial charge in [0.05, 0.1) is 11.3 Å². The third-order valence-electron chi connectivity index (χ3n) is 3.61. The highest BCUT2D eigenvalue weighted by Gasteiger charge is 2.28. The van der Waals surface area contributed by atoms with Crippen molar-refractivity contribution in [1.82, 2.24) is 5.32 Å². The minimum atomic E-state index is -1.11. The number of anilines is 1. The average molecular weight is 296 g/mol. The molecule has 6 heteroatoms. The normalized spacial score (nSPS) is 14.9. The molecule has 0 heterocycles. The van der Waals surface area contributed by atoms with Gasteiger partial charge >= 0.3 is 11.8 Å². The summed E-state index contributed by atoms with van der Waals surface area (Å²) in [7, 11) is 0. The van der Waals surface area contributed by atoms with E-state index in [-0.39, 0.29) is 18.2 Å². The summed E-state index contributed by atoms with van der Waals surface area (Å²) in [5.41, 5.74) is -1.17. The van der Waals surface area contributed by atoms with Gasteiger partial charge < -0.3 is 15.7 Å². The summed E-state index contributed by atoms with van der Waals surface area (Å²) in [5, 5.41) is 14.7. The molecule has 0 saturated heterocycles. The van der Waals surface area contributed by atoms with Gasteiger partial charge in [0, 0.05) is 6.54 Å². The van der Waals surface area contributed by atoms with Crippen molar-refractivity contribution in [3.8, 4) is 0 Å². The lowest BCUT2D eigenvalue weighted by atomic mass is 9.89. The fourth-order valence-corrected chi connectivity index (χ4v) is 1.70. The van der Waals surface area contributed by atoms with Gasteiger partial charge in [-0.25, -0.2) is 4.39 Å². The quantitative estimate of drug-likeness (QED) is 0.723. The molecular weight excluding hydrogens is 275 g/mol. The first-order chi connectivity index (χ1) is 9.77. The molecule has 0 aliphatic carbocycles. The Morgan fingerprint density at radius 3 is 2.52 bits per heavy atom. The lowest BCUT2D eigenvalue weighted by molar-refractivity contribution is -0.137. The van der Waals surface area contributed by atoms with Crippen LogP contribution < -0.4 is 10.6 Å². The third-order valence-corrected chi connectivity index (χ3v) is 3.61. The van der Waals surface area contributed by atoms with Crippen molar-refractivity contribution in [3.63, 3.8) is 0 Å². The predicted octanol–water partition coefficient (Wildman–Crippen LogP) is 1.68. The van der Waals surface area contributed by atoms with Gasteiger partial charge in [0.2, 0.25) is 0 Å². The van der Waals surface area contributed by atoms with Crippen molar-refractivity contribution < 1.29 is 19.1 Å². The monoisotopic (exact) mass is 296 g/mol. The fourth-order valence-electron chi connectivity index (χ4n) is 1.70. The Morgan fingerprint density at radius 1 is 1.33 bits per heavy atom. The SMILES string of the molecule is CCC(C)C(C)(O)CNC(=O)C(=O)Nc1ccccc1F. The summed E-state index contributed by atoms with van der Waals surface area (Å²) < 4.78 is 13.4. The van der Waals surface area contributed by atoms with Gasteiger partial charge in [0.1, 0.15) is 5.82 Å². The molecular formula is C15H21FN2O3. The van der Waals surface area contributed by atoms with E-state index >= 15 is 0 Å². The maximum absolute atomic E-state index is 13.4. The molecule has 1 rings (SSSR count). The molecule has 2 amide bonds. The fraction of sp³-hybridized carbons (Fsp3) is 0.467. The summed E-state index contributed by atoms with van der Waals surface area (Å²) >= 11 is 0. The summed E-state index contributed by atoms with van der Waals surface area (Å²) in [6.45, 7) is 5.32. The molecule has 1 aromatic carbocycles. The van der Waals surface area contributed by atoms with Gasteiger partial charge in [-0.05, 0) is 25.0 Å². The van der Waals surface area contributed by atoms with Crippen LogP contribution in [0.3, 0.4) is 0 Å². The highest BCUT2D eigenvalue weighted by atomic mass is 19.1. The Labute approximate surface area is 123 Å². The van der Waals surface area contributed by atoms with E-state index in [1.54, 1.807) is 13.0 Å². The predicted molar refractivity (Wildman–Crippen MR) is 78.1 cm³/mol. The number of carbonyl (C=O) groups excluding carboxylic acids is 2. The first-order valence-corrected chi connectivity index (χ1v) is 6.84. The molecule has 0 spiro atoms. The van der Waals surface area contributed by atoms with Crippen molar-refractivity contribution >= 4 is 17.5 Å². The topological polar surface area (TPSA) is 78.4 Å². The van der Waals surface area contributed by atoms with Crippen LogP contribution in [0, 0.1) is 11.7 Å². The summed E-state index contributed by atoms with van der Waals surface area (Å²) in [5.74, 6) is -2.54. The Hall–Kier alpha value is -1.95. The third kappa shape index (κ3) is 4.82. The second-order valence-corrected chi connectivity index (χ2v) is 5.28. The molecule has 0 saturated carbocycles. The van der Waals surface area contributed by atoms with Crippen molar-refractivity contribution in [3.05, 3.63) is 30.1 Å². The summed E-state index contributed by atoms with van der Waals surface area (Å²) in [6.07, 6.45) is 0.740. The Kier molecular flexibility index (Phi) is 5.84. The number of carbonyl (C=O) groups is 2. The highest BCUT2D eigenvalue weighted by molar-refractivity contribution is 6.39. The van der Waals surface area contributed by atoms with Gasteiger partial charge in [-0.3, -0.25) is 9.59 Å². The zero-order valence-corrected chi connectivity index (χ0v) is 12.4. The molecule has 0 bridgehead atoms. The zero-order valence-electron chi connectivity index (χ0n) is 12.4. The second kappa shape index (κ2) is 7.17. The molecule has 1 aromatic rings. The number of para-hydroxylation sites is 1. The first kappa shape index (κ1) is 17.1. The van der Waals surface area contributed by atoms with E-state index in [0.717, 1.165) is 6.42 Å². The molecule has 3 N–H and O–H groups in total. The van der Waals surface area contributed by atoms with E-state index in [1.165, 1.54) is 18.2 Å². The molecule has 0 radical (unpaired) electrons. The molecule has 0 aliphatic heterocycles. The standard InChI is InChI=1S/C15H21FN2O3/c1-4-10(2)15(3,21)9-17-13(19)14(20)18-12-8-6-5-7-11(12)16/h5-8,10,21H,4,9H2,1-3H3,(H,17,19)(H,18,20). The molecule has 21 heavy (non-hydrogen) atoms. The second-order valence-electron chi connectivity index (χ2n) is 5.28. The van der Waals surface area contributed by atoms with Gasteiger partial charge in [-0.15, -0.1) is 0 Å². The highest BCUT2D eigenvalue weighted by Crippen LogP contribution is 2.18. The van der Waals surface area contributed by atoms with E-state index in [2.05, 4.69) is 10.6 Å². The van der Waals surface area contributed by atoms with E-state index in [0.29, 0.717) is 0 Å². The molecule has 2 unspecified atom stereocenters. The number of benzene rings is 1. The van der Waals surface area contributed by atoms with Crippen LogP contribution in [-0.4, -0.2) is 29.1 Å². The molecule has 116 valence electrons. The van der Waals surface area contributed by atoms with E-state index in [4.69, 9.17) is 0 Å². The van der Waals surface area contributed by atoms with Crippen LogP contribution in [0.5, 0.6) is 0 Å². The van der Waals surface area contributed by atoms with E-state index in [1.807, 2.05) is 13.8 Å². The van der Waals surface area contributed by atoms with Gasteiger partial charge in [-0.2, -0.15) is 0 Å². The van der Waals surface area contributed by atoms with Crippen molar-refractivity contribution in [2.24, 2.45) is 5.92 Å². The smallest absolute Gasteiger partial charge is 0.313 e. The van der Waals surface area contributed by atoms with Crippen LogP contribution in [0.15, 0.2) is 24.3 Å². The van der Waals surface area contributed by atoms with Crippen LogP contribution in [0.2, 0.25) is 0 Å². The maximum atomic E-state index is 13.4. The van der Waals surface area contributed by atoms with E-state index in [9.17, 15) is 19.1 Å². The largest absolute Gasteiger partial charge is 0.388 e. The number of hydrogen-bond donors (Lipinski definition) is 3. The van der Waals surface area contributed by atoms with Crippen LogP contribution in [0.25, 0.3) is 0 Å². The van der Waals surface area contributed by atoms with E-state index < -0.39 is 23.2 Å². The number of amides is 2. The average Bonchev–Trinajstić information content (AvgIpc) is 2.46. The number of aliphatic hydroxyl groups is 1. The molecule has 5 nitrogen and oxygen atoms in total. The van der Waals surface area contributed by atoms with Crippen molar-refractivity contribution in [2.45, 2.75) is 32.8 Å². The van der Waals surface area contributed by atoms with Crippen molar-refractivity contribution in [1.29, 1.82) is 0 Å². The Morgan fingerprint density at radius 2 is 1.95 bits per heavy atom. The van der Waals surface area contributed by atoms with Crippen LogP contribution in [0.1, 0.15) is 27.2 Å². The lowest BCUT2D eigenvalue weighted by Gasteiger charge is -2.29. The number of nitrogens with one attached hydrogen (secondary N) is 2. The number of rotatable bonds is 5. The minimum Gasteiger partial charge on any atom is -0.388 e. The van der Waals surface area contributed by atoms with Crippen LogP contribution >= 0.6 is 0 Å². The Balaban J connectivity index is 2.56. The number of halogens is 1. The lowest BCUT2D eigenvalue weighted by Crippen LogP contribution is -2.47. The van der Waals surface area contributed by atoms with Gasteiger partial charge in [-0.1, -0.05) is 32.4 Å². The van der Waals surface area contributed by atoms with Crippen LogP contribution in [0.4, 0.5) is 10.1 Å². The number of hydrogen-bond acceptors (Lipinski definition) is 3. The molecule has 0 aliphatic rings. The van der Waals surface area contributed by atoms with Gasteiger partial charge in [0.25, 0.3) is 0 Å². The first-order valence-electron chi connectivity index (χ1n) is 6.84. The molecule has 2 atom stereocenters. The zero-order chi connectivity index (χ0) is 16.0. The van der Waals surface area contributed by atoms with Crippen molar-refractivity contribution in [2.75, 3.05) is 11.9 Å².